The molecular formula is C31H33N3. The van der Waals surface area contributed by atoms with Crippen LogP contribution in [0.25, 0.3) is 16.7 Å². The zero-order chi connectivity index (χ0) is 23.9. The molecule has 0 amide bonds. The predicted octanol–water partition coefficient (Wildman–Crippen LogP) is 7.61. The van der Waals surface area contributed by atoms with Crippen molar-refractivity contribution in [2.75, 3.05) is 0 Å². The van der Waals surface area contributed by atoms with Gasteiger partial charge in [-0.25, -0.2) is 0 Å². The first-order chi connectivity index (χ1) is 16.3. The smallest absolute Gasteiger partial charge is 0.113 e. The van der Waals surface area contributed by atoms with Crippen LogP contribution < -0.4 is 0 Å². The van der Waals surface area contributed by atoms with E-state index in [2.05, 4.69) is 95.3 Å². The molecule has 1 aromatic heterocycles. The number of aromatic nitrogens is 3. The molecule has 1 aliphatic rings. The summed E-state index contributed by atoms with van der Waals surface area (Å²) in [4.78, 5) is 1.83. The van der Waals surface area contributed by atoms with Crippen LogP contribution in [0.4, 0.5) is 0 Å². The zero-order valence-corrected chi connectivity index (χ0v) is 20.8. The van der Waals surface area contributed by atoms with Gasteiger partial charge >= 0.3 is 0 Å². The molecule has 1 heterocycles. The molecule has 3 heteroatoms. The molecule has 5 rings (SSSR count). The normalized spacial score (nSPS) is 14.4. The van der Waals surface area contributed by atoms with Crippen LogP contribution in [0, 0.1) is 6.92 Å². The highest BCUT2D eigenvalue weighted by atomic mass is 15.5. The average Bonchev–Trinajstić information content (AvgIpc) is 3.29. The van der Waals surface area contributed by atoms with Gasteiger partial charge in [0, 0.05) is 10.8 Å². The SMILES string of the molecule is Cc1c(-n2nc3ccccc3n2)cc(C(C)(C)c2ccccc2)cc1C(C)(C)C1=CCCC=C1. The highest BCUT2D eigenvalue weighted by Gasteiger charge is 2.32. The van der Waals surface area contributed by atoms with E-state index in [9.17, 15) is 0 Å². The van der Waals surface area contributed by atoms with Crippen molar-refractivity contribution >= 4 is 11.0 Å². The third kappa shape index (κ3) is 3.79. The molecule has 4 aromatic rings. The largest absolute Gasteiger partial charge is 0.150 e. The molecule has 3 aromatic carbocycles. The van der Waals surface area contributed by atoms with E-state index in [-0.39, 0.29) is 10.8 Å². The van der Waals surface area contributed by atoms with Gasteiger partial charge in [0.25, 0.3) is 0 Å². The second kappa shape index (κ2) is 8.39. The Balaban J connectivity index is 1.76. The van der Waals surface area contributed by atoms with Crippen LogP contribution in [-0.4, -0.2) is 15.0 Å². The number of hydrogen-bond acceptors (Lipinski definition) is 2. The molecule has 0 saturated carbocycles. The van der Waals surface area contributed by atoms with Gasteiger partial charge in [0.1, 0.15) is 11.0 Å². The number of nitrogens with zero attached hydrogens (tertiary/aromatic N) is 3. The van der Waals surface area contributed by atoms with E-state index >= 15 is 0 Å². The van der Waals surface area contributed by atoms with Crippen LogP contribution in [0.5, 0.6) is 0 Å². The fourth-order valence-corrected chi connectivity index (χ4v) is 5.14. The fraction of sp³-hybridized carbons (Fsp3) is 0.290. The molecule has 0 aliphatic heterocycles. The highest BCUT2D eigenvalue weighted by molar-refractivity contribution is 5.73. The van der Waals surface area contributed by atoms with Crippen molar-refractivity contribution in [3.8, 4) is 5.69 Å². The predicted molar refractivity (Wildman–Crippen MR) is 142 cm³/mol. The maximum atomic E-state index is 4.85. The van der Waals surface area contributed by atoms with E-state index in [4.69, 9.17) is 10.2 Å². The lowest BCUT2D eigenvalue weighted by atomic mass is 9.70. The number of fused-ring (bicyclic) bond motifs is 1. The molecular weight excluding hydrogens is 414 g/mol. The minimum absolute atomic E-state index is 0.134. The zero-order valence-electron chi connectivity index (χ0n) is 20.8. The Morgan fingerprint density at radius 1 is 0.735 bits per heavy atom. The monoisotopic (exact) mass is 447 g/mol. The Hall–Kier alpha value is -3.46. The van der Waals surface area contributed by atoms with Gasteiger partial charge in [-0.2, -0.15) is 4.80 Å². The number of benzene rings is 3. The van der Waals surface area contributed by atoms with E-state index in [0.29, 0.717) is 0 Å². The fourth-order valence-electron chi connectivity index (χ4n) is 5.14. The quantitative estimate of drug-likeness (QED) is 0.315. The summed E-state index contributed by atoms with van der Waals surface area (Å²) in [5.41, 5.74) is 9.04. The van der Waals surface area contributed by atoms with Crippen molar-refractivity contribution in [2.45, 2.75) is 58.3 Å². The van der Waals surface area contributed by atoms with Gasteiger partial charge < -0.3 is 0 Å². The van der Waals surface area contributed by atoms with Crippen molar-refractivity contribution in [3.05, 3.63) is 113 Å². The van der Waals surface area contributed by atoms with E-state index in [1.165, 1.54) is 27.8 Å². The first kappa shape index (κ1) is 22.3. The van der Waals surface area contributed by atoms with E-state index in [0.717, 1.165) is 29.6 Å². The van der Waals surface area contributed by atoms with Crippen molar-refractivity contribution < 1.29 is 0 Å². The van der Waals surface area contributed by atoms with Crippen molar-refractivity contribution in [1.29, 1.82) is 0 Å². The Bertz CT molecular complexity index is 1370. The van der Waals surface area contributed by atoms with Gasteiger partial charge in [-0.05, 0) is 65.8 Å². The summed E-state index contributed by atoms with van der Waals surface area (Å²) < 4.78 is 0. The van der Waals surface area contributed by atoms with Crippen LogP contribution in [-0.2, 0) is 10.8 Å². The van der Waals surface area contributed by atoms with Crippen LogP contribution >= 0.6 is 0 Å². The van der Waals surface area contributed by atoms with Gasteiger partial charge in [0.05, 0.1) is 5.69 Å². The van der Waals surface area contributed by atoms with E-state index in [1.807, 2.05) is 29.1 Å². The summed E-state index contributed by atoms with van der Waals surface area (Å²) in [5, 5.41) is 9.70. The molecule has 0 N–H and O–H groups in total. The van der Waals surface area contributed by atoms with Crippen LogP contribution in [0.1, 0.15) is 62.8 Å². The molecule has 0 fully saturated rings. The topological polar surface area (TPSA) is 30.7 Å². The summed E-state index contributed by atoms with van der Waals surface area (Å²) in [7, 11) is 0. The summed E-state index contributed by atoms with van der Waals surface area (Å²) in [5.74, 6) is 0. The van der Waals surface area contributed by atoms with Crippen molar-refractivity contribution in [1.82, 2.24) is 15.0 Å². The molecule has 0 saturated heterocycles. The second-order valence-electron chi connectivity index (χ2n) is 10.4. The Morgan fingerprint density at radius 3 is 2.00 bits per heavy atom. The minimum atomic E-state index is -0.169. The Labute approximate surface area is 202 Å². The lowest BCUT2D eigenvalue weighted by Gasteiger charge is -2.34. The maximum absolute atomic E-state index is 4.85. The minimum Gasteiger partial charge on any atom is -0.150 e. The van der Waals surface area contributed by atoms with Gasteiger partial charge in [-0.1, -0.05) is 94.5 Å². The molecule has 3 nitrogen and oxygen atoms in total. The van der Waals surface area contributed by atoms with E-state index in [1.54, 1.807) is 0 Å². The number of allylic oxidation sites excluding steroid dienone is 4. The van der Waals surface area contributed by atoms with Crippen LogP contribution in [0.2, 0.25) is 0 Å². The third-order valence-electron chi connectivity index (χ3n) is 7.49. The van der Waals surface area contributed by atoms with E-state index < -0.39 is 0 Å². The van der Waals surface area contributed by atoms with Crippen molar-refractivity contribution in [3.63, 3.8) is 0 Å². The maximum Gasteiger partial charge on any atom is 0.113 e. The van der Waals surface area contributed by atoms with Crippen LogP contribution in [0.15, 0.2) is 90.5 Å². The third-order valence-corrected chi connectivity index (χ3v) is 7.49. The van der Waals surface area contributed by atoms with Gasteiger partial charge in [0.2, 0.25) is 0 Å². The molecule has 1 aliphatic carbocycles. The lowest BCUT2D eigenvalue weighted by Crippen LogP contribution is -2.26. The van der Waals surface area contributed by atoms with Gasteiger partial charge in [-0.15, -0.1) is 10.2 Å². The second-order valence-corrected chi connectivity index (χ2v) is 10.4. The summed E-state index contributed by atoms with van der Waals surface area (Å²) in [6.45, 7) is 11.5. The van der Waals surface area contributed by atoms with Crippen molar-refractivity contribution in [2.24, 2.45) is 0 Å². The molecule has 0 atom stereocenters. The summed E-state index contributed by atoms with van der Waals surface area (Å²) in [6.07, 6.45) is 9.22. The molecule has 0 bridgehead atoms. The first-order valence-electron chi connectivity index (χ1n) is 12.2. The first-order valence-corrected chi connectivity index (χ1v) is 12.2. The number of hydrogen-bond donors (Lipinski definition) is 0. The Kier molecular flexibility index (Phi) is 5.51. The molecule has 0 radical (unpaired) electrons. The average molecular weight is 448 g/mol. The molecule has 34 heavy (non-hydrogen) atoms. The standard InChI is InChI=1S/C31H33N3/c1-22-26(31(4,5)24-16-10-7-11-17-24)20-25(30(2,3)23-14-8-6-9-15-23)21-29(22)34-32-27-18-12-13-19-28(27)33-34/h6,8-10,12-21H,7,11H2,1-5H3. The number of rotatable bonds is 5. The molecule has 0 spiro atoms. The van der Waals surface area contributed by atoms with Gasteiger partial charge in [0.15, 0.2) is 0 Å². The molecule has 0 unspecified atom stereocenters. The molecule has 172 valence electrons. The van der Waals surface area contributed by atoms with Gasteiger partial charge in [-0.3, -0.25) is 0 Å². The Morgan fingerprint density at radius 2 is 1.38 bits per heavy atom. The lowest BCUT2D eigenvalue weighted by molar-refractivity contribution is 0.604. The summed E-state index contributed by atoms with van der Waals surface area (Å²) in [6, 6.07) is 23.5. The van der Waals surface area contributed by atoms with Crippen LogP contribution in [0.3, 0.4) is 0 Å². The highest BCUT2D eigenvalue weighted by Crippen LogP contribution is 2.41. The summed E-state index contributed by atoms with van der Waals surface area (Å²) >= 11 is 0.